The third-order valence-corrected chi connectivity index (χ3v) is 7.28. The first-order valence-electron chi connectivity index (χ1n) is 10.9. The Morgan fingerprint density at radius 1 is 0.970 bits per heavy atom. The molecule has 0 bridgehead atoms. The van der Waals surface area contributed by atoms with Gasteiger partial charge in [0.1, 0.15) is 0 Å². The number of rotatable bonds is 6. The smallest absolute Gasteiger partial charge is 0.294 e. The first-order chi connectivity index (χ1) is 15.5. The Hall–Kier alpha value is -2.29. The first-order valence-corrected chi connectivity index (χ1v) is 12.4. The Kier molecular flexibility index (Phi) is 6.37. The number of ether oxygens (including phenoxy) is 3. The predicted molar refractivity (Wildman–Crippen MR) is 127 cm³/mol. The van der Waals surface area contributed by atoms with Crippen LogP contribution in [0.15, 0.2) is 59.5 Å². The highest BCUT2D eigenvalue weighted by atomic mass is 32.2. The van der Waals surface area contributed by atoms with E-state index in [-0.39, 0.29) is 11.5 Å². The van der Waals surface area contributed by atoms with E-state index in [1.807, 2.05) is 39.0 Å². The van der Waals surface area contributed by atoms with Crippen LogP contribution in [0.1, 0.15) is 36.1 Å². The van der Waals surface area contributed by atoms with E-state index in [4.69, 9.17) is 14.2 Å². The summed E-state index contributed by atoms with van der Waals surface area (Å²) in [5.74, 6) is -0.746. The Balaban J connectivity index is 1.65. The maximum atomic E-state index is 12.0. The van der Waals surface area contributed by atoms with Crippen molar-refractivity contribution in [1.82, 2.24) is 0 Å². The minimum atomic E-state index is -4.37. The zero-order valence-electron chi connectivity index (χ0n) is 19.4. The second-order valence-corrected chi connectivity index (χ2v) is 10.7. The van der Waals surface area contributed by atoms with E-state index in [0.717, 1.165) is 22.1 Å². The van der Waals surface area contributed by atoms with Crippen LogP contribution < -0.4 is 0 Å². The average molecular weight is 471 g/mol. The minimum absolute atomic E-state index is 0.109. The van der Waals surface area contributed by atoms with E-state index in [1.165, 1.54) is 11.5 Å². The van der Waals surface area contributed by atoms with Gasteiger partial charge in [0.25, 0.3) is 10.1 Å². The zero-order valence-corrected chi connectivity index (χ0v) is 20.2. The molecule has 1 fully saturated rings. The van der Waals surface area contributed by atoms with Gasteiger partial charge in [0.15, 0.2) is 5.79 Å². The molecule has 0 radical (unpaired) electrons. The van der Waals surface area contributed by atoms with E-state index in [1.54, 1.807) is 13.0 Å². The summed E-state index contributed by atoms with van der Waals surface area (Å²) in [5.41, 5.74) is 2.47. The molecule has 3 aromatic rings. The Morgan fingerprint density at radius 2 is 1.64 bits per heavy atom. The minimum Gasteiger partial charge on any atom is -0.376 e. The predicted octanol–water partition coefficient (Wildman–Crippen LogP) is 4.94. The van der Waals surface area contributed by atoms with Crippen LogP contribution in [0.3, 0.4) is 0 Å². The van der Waals surface area contributed by atoms with Gasteiger partial charge in [0.2, 0.25) is 0 Å². The molecule has 1 saturated heterocycles. The lowest BCUT2D eigenvalue weighted by molar-refractivity contribution is -0.275. The molecule has 0 aliphatic carbocycles. The van der Waals surface area contributed by atoms with Crippen molar-refractivity contribution in [3.8, 4) is 0 Å². The van der Waals surface area contributed by atoms with Gasteiger partial charge >= 0.3 is 0 Å². The third kappa shape index (κ3) is 4.98. The number of hydrogen-bond donors (Lipinski definition) is 1. The monoisotopic (exact) mass is 470 g/mol. The molecule has 0 spiro atoms. The van der Waals surface area contributed by atoms with E-state index in [2.05, 4.69) is 24.3 Å². The van der Waals surface area contributed by atoms with Gasteiger partial charge in [-0.1, -0.05) is 42.5 Å². The summed E-state index contributed by atoms with van der Waals surface area (Å²) in [5, 5.41) is 2.31. The highest BCUT2D eigenvalue weighted by Gasteiger charge is 2.44. The van der Waals surface area contributed by atoms with Gasteiger partial charge < -0.3 is 14.2 Å². The van der Waals surface area contributed by atoms with E-state index < -0.39 is 21.3 Å². The van der Waals surface area contributed by atoms with Gasteiger partial charge in [-0.25, -0.2) is 0 Å². The van der Waals surface area contributed by atoms with Gasteiger partial charge in [0, 0.05) is 0 Å². The summed E-state index contributed by atoms with van der Waals surface area (Å²) in [6, 6.07) is 17.5. The largest absolute Gasteiger partial charge is 0.376 e. The van der Waals surface area contributed by atoms with Crippen LogP contribution in [-0.4, -0.2) is 38.6 Å². The second kappa shape index (κ2) is 8.81. The van der Waals surface area contributed by atoms with Gasteiger partial charge in [-0.3, -0.25) is 4.55 Å². The third-order valence-electron chi connectivity index (χ3n) is 6.28. The van der Waals surface area contributed by atoms with Gasteiger partial charge in [-0.15, -0.1) is 0 Å². The van der Waals surface area contributed by atoms with Crippen molar-refractivity contribution in [3.63, 3.8) is 0 Å². The Labute approximate surface area is 195 Å². The molecule has 33 heavy (non-hydrogen) atoms. The molecule has 1 aliphatic heterocycles. The number of benzene rings is 3. The molecule has 4 rings (SSSR count). The van der Waals surface area contributed by atoms with Crippen LogP contribution in [0.2, 0.25) is 0 Å². The lowest BCUT2D eigenvalue weighted by atomic mass is 9.77. The normalized spacial score (nSPS) is 17.8. The molecule has 1 aliphatic rings. The molecule has 0 unspecified atom stereocenters. The van der Waals surface area contributed by atoms with Crippen molar-refractivity contribution in [2.75, 3.05) is 19.8 Å². The van der Waals surface area contributed by atoms with Crippen molar-refractivity contribution >= 4 is 20.9 Å². The molecule has 3 aromatic carbocycles. The van der Waals surface area contributed by atoms with Crippen molar-refractivity contribution < 1.29 is 27.2 Å². The molecular formula is C26H30O6S. The lowest BCUT2D eigenvalue weighted by Crippen LogP contribution is -2.52. The zero-order chi connectivity index (χ0) is 23.9. The molecule has 1 N–H and O–H groups in total. The Bertz CT molecular complexity index is 1270. The van der Waals surface area contributed by atoms with Crippen LogP contribution in [0, 0.1) is 13.8 Å². The average Bonchev–Trinajstić information content (AvgIpc) is 2.75. The molecule has 0 aromatic heterocycles. The van der Waals surface area contributed by atoms with Crippen molar-refractivity contribution in [3.05, 3.63) is 76.9 Å². The van der Waals surface area contributed by atoms with Crippen LogP contribution >= 0.6 is 0 Å². The van der Waals surface area contributed by atoms with Gasteiger partial charge in [-0.05, 0) is 72.9 Å². The fourth-order valence-corrected chi connectivity index (χ4v) is 5.35. The molecule has 7 heteroatoms. The molecule has 0 amide bonds. The number of hydrogen-bond acceptors (Lipinski definition) is 5. The number of aryl methyl sites for hydroxylation is 1. The maximum Gasteiger partial charge on any atom is 0.294 e. The molecular weight excluding hydrogens is 440 g/mol. The lowest BCUT2D eigenvalue weighted by Gasteiger charge is -2.45. The van der Waals surface area contributed by atoms with Crippen LogP contribution in [0.25, 0.3) is 10.8 Å². The maximum absolute atomic E-state index is 12.0. The van der Waals surface area contributed by atoms with Crippen LogP contribution in [0.4, 0.5) is 0 Å². The second-order valence-electron chi connectivity index (χ2n) is 9.29. The summed E-state index contributed by atoms with van der Waals surface area (Å²) in [7, 11) is -4.37. The van der Waals surface area contributed by atoms with Crippen molar-refractivity contribution in [1.29, 1.82) is 0 Å². The van der Waals surface area contributed by atoms with E-state index >= 15 is 0 Å². The molecule has 0 atom stereocenters. The highest BCUT2D eigenvalue weighted by Crippen LogP contribution is 2.39. The van der Waals surface area contributed by atoms with Gasteiger partial charge in [0.05, 0.1) is 36.7 Å². The molecule has 0 saturated carbocycles. The summed E-state index contributed by atoms with van der Waals surface area (Å²) < 4.78 is 51.9. The van der Waals surface area contributed by atoms with Crippen molar-refractivity contribution in [2.24, 2.45) is 0 Å². The molecule has 1 heterocycles. The Morgan fingerprint density at radius 3 is 2.30 bits per heavy atom. The highest BCUT2D eigenvalue weighted by molar-refractivity contribution is 7.85. The quantitative estimate of drug-likeness (QED) is 0.514. The standard InChI is InChI=1S/C26H30O6S/c1-18-9-12-23(33(27,28)29)19(2)24(18)26(16-31-25(3,4)32-17-26)15-30-14-20-10-11-21-7-5-6-8-22(21)13-20/h5-13H,14-17H2,1-4H3,(H,27,28,29). The van der Waals surface area contributed by atoms with Crippen LogP contribution in [0.5, 0.6) is 0 Å². The summed E-state index contributed by atoms with van der Waals surface area (Å²) in [6.07, 6.45) is 0. The topological polar surface area (TPSA) is 82.1 Å². The van der Waals surface area contributed by atoms with E-state index in [9.17, 15) is 13.0 Å². The summed E-state index contributed by atoms with van der Waals surface area (Å²) in [6.45, 7) is 8.58. The summed E-state index contributed by atoms with van der Waals surface area (Å²) in [4.78, 5) is -0.109. The van der Waals surface area contributed by atoms with Crippen LogP contribution in [-0.2, 0) is 36.4 Å². The van der Waals surface area contributed by atoms with Gasteiger partial charge in [-0.2, -0.15) is 8.42 Å². The fraction of sp³-hybridized carbons (Fsp3) is 0.385. The van der Waals surface area contributed by atoms with E-state index in [0.29, 0.717) is 25.4 Å². The molecule has 6 nitrogen and oxygen atoms in total. The number of fused-ring (bicyclic) bond motifs is 1. The SMILES string of the molecule is Cc1ccc(S(=O)(=O)O)c(C)c1C1(COCc2ccc3ccccc3c2)COC(C)(C)OC1. The first kappa shape index (κ1) is 23.9. The van der Waals surface area contributed by atoms with Crippen molar-refractivity contribution in [2.45, 2.75) is 50.4 Å². The fourth-order valence-electron chi connectivity index (χ4n) is 4.62. The summed E-state index contributed by atoms with van der Waals surface area (Å²) >= 11 is 0. The molecule has 176 valence electrons.